The van der Waals surface area contributed by atoms with Crippen molar-refractivity contribution in [1.82, 2.24) is 0 Å². The second kappa shape index (κ2) is 9.63. The molecule has 1 heterocycles. The van der Waals surface area contributed by atoms with Crippen LogP contribution in [0.3, 0.4) is 0 Å². The van der Waals surface area contributed by atoms with E-state index >= 15 is 0 Å². The fourth-order valence-corrected chi connectivity index (χ4v) is 4.58. The van der Waals surface area contributed by atoms with Crippen LogP contribution in [0.5, 0.6) is 5.75 Å². The predicted octanol–water partition coefficient (Wildman–Crippen LogP) is 4.95. The number of rotatable bonds is 8. The molecule has 1 N–H and O–H groups in total. The van der Waals surface area contributed by atoms with E-state index in [0.29, 0.717) is 35.8 Å². The summed E-state index contributed by atoms with van der Waals surface area (Å²) in [5.74, 6) is -0.0668. The molecule has 0 fully saturated rings. The minimum atomic E-state index is -1.12. The highest BCUT2D eigenvalue weighted by atomic mass is 16.5. The van der Waals surface area contributed by atoms with E-state index < -0.39 is 6.23 Å². The summed E-state index contributed by atoms with van der Waals surface area (Å²) in [6.07, 6.45) is 0.666. The maximum atomic E-state index is 13.7. The number of esters is 1. The van der Waals surface area contributed by atoms with Crippen molar-refractivity contribution in [3.05, 3.63) is 70.8 Å². The molecule has 0 saturated heterocycles. The van der Waals surface area contributed by atoms with Gasteiger partial charge in [0.05, 0.1) is 25.2 Å². The molecule has 0 saturated carbocycles. The van der Waals surface area contributed by atoms with Gasteiger partial charge >= 0.3 is 5.97 Å². The summed E-state index contributed by atoms with van der Waals surface area (Å²) in [5, 5.41) is 13.3. The van der Waals surface area contributed by atoms with Crippen LogP contribution in [-0.4, -0.2) is 30.2 Å². The molecule has 1 unspecified atom stereocenters. The van der Waals surface area contributed by atoms with Gasteiger partial charge < -0.3 is 14.6 Å². The van der Waals surface area contributed by atoms with Crippen LogP contribution in [-0.2, 0) is 22.4 Å². The zero-order chi connectivity index (χ0) is 23.5. The van der Waals surface area contributed by atoms with Crippen LogP contribution in [0.4, 0.5) is 5.69 Å². The Morgan fingerprint density at radius 1 is 1.00 bits per heavy atom. The highest BCUT2D eigenvalue weighted by molar-refractivity contribution is 6.16. The summed E-state index contributed by atoms with van der Waals surface area (Å²) in [6, 6.07) is 14.9. The molecule has 6 nitrogen and oxygen atoms in total. The van der Waals surface area contributed by atoms with Crippen LogP contribution in [0, 0.1) is 0 Å². The number of carbonyl (C=O) groups excluding carboxylic acids is 2. The van der Waals surface area contributed by atoms with Gasteiger partial charge in [0.2, 0.25) is 0 Å². The Labute approximate surface area is 193 Å². The molecule has 1 amide bonds. The summed E-state index contributed by atoms with van der Waals surface area (Å²) in [4.78, 5) is 26.8. The summed E-state index contributed by atoms with van der Waals surface area (Å²) in [7, 11) is 0. The number of benzene rings is 3. The van der Waals surface area contributed by atoms with E-state index in [1.165, 1.54) is 4.90 Å². The average molecular weight is 448 g/mol. The lowest BCUT2D eigenvalue weighted by atomic mass is 9.91. The molecular weight excluding hydrogens is 418 g/mol. The van der Waals surface area contributed by atoms with Gasteiger partial charge in [-0.15, -0.1) is 0 Å². The second-order valence-electron chi connectivity index (χ2n) is 8.02. The van der Waals surface area contributed by atoms with Crippen molar-refractivity contribution < 1.29 is 24.2 Å². The molecule has 0 spiro atoms. The van der Waals surface area contributed by atoms with E-state index in [2.05, 4.69) is 6.92 Å². The van der Waals surface area contributed by atoms with Gasteiger partial charge in [-0.05, 0) is 48.9 Å². The molecule has 1 atom stereocenters. The topological polar surface area (TPSA) is 76.1 Å². The molecule has 4 rings (SSSR count). The largest absolute Gasteiger partial charge is 0.492 e. The third kappa shape index (κ3) is 4.07. The molecular formula is C27H29NO5. The van der Waals surface area contributed by atoms with Crippen molar-refractivity contribution in [2.24, 2.45) is 0 Å². The van der Waals surface area contributed by atoms with Gasteiger partial charge in [0.15, 0.2) is 6.23 Å². The molecule has 0 radical (unpaired) electrons. The normalized spacial score (nSPS) is 15.1. The first-order valence-corrected chi connectivity index (χ1v) is 11.5. The minimum absolute atomic E-state index is 0.158. The van der Waals surface area contributed by atoms with Crippen LogP contribution in [0.1, 0.15) is 60.5 Å². The van der Waals surface area contributed by atoms with Gasteiger partial charge in [0.25, 0.3) is 5.91 Å². The number of aliphatic hydroxyl groups is 1. The predicted molar refractivity (Wildman–Crippen MR) is 128 cm³/mol. The summed E-state index contributed by atoms with van der Waals surface area (Å²) >= 11 is 0. The van der Waals surface area contributed by atoms with Crippen LogP contribution in [0.15, 0.2) is 48.5 Å². The number of hydrogen-bond acceptors (Lipinski definition) is 5. The van der Waals surface area contributed by atoms with E-state index in [1.807, 2.05) is 31.2 Å². The van der Waals surface area contributed by atoms with Crippen molar-refractivity contribution in [3.8, 4) is 5.75 Å². The van der Waals surface area contributed by atoms with Crippen molar-refractivity contribution in [2.45, 2.75) is 46.3 Å². The Balaban J connectivity index is 1.80. The van der Waals surface area contributed by atoms with Crippen molar-refractivity contribution in [1.29, 1.82) is 0 Å². The Hall–Kier alpha value is -3.38. The summed E-state index contributed by atoms with van der Waals surface area (Å²) < 4.78 is 11.0. The van der Waals surface area contributed by atoms with Crippen molar-refractivity contribution >= 4 is 28.3 Å². The molecule has 172 valence electrons. The number of aryl methyl sites for hydroxylation is 1. The number of aliphatic hydroxyl groups excluding tert-OH is 1. The van der Waals surface area contributed by atoms with E-state index in [1.54, 1.807) is 31.2 Å². The Morgan fingerprint density at radius 3 is 2.33 bits per heavy atom. The summed E-state index contributed by atoms with van der Waals surface area (Å²) in [6.45, 7) is 6.49. The number of anilines is 1. The lowest BCUT2D eigenvalue weighted by molar-refractivity contribution is -0.142. The van der Waals surface area contributed by atoms with Gasteiger partial charge in [-0.2, -0.15) is 0 Å². The first kappa shape index (κ1) is 22.8. The number of fused-ring (bicyclic) bond motifs is 2. The lowest BCUT2D eigenvalue weighted by Gasteiger charge is -2.22. The Bertz CT molecular complexity index is 1190. The lowest BCUT2D eigenvalue weighted by Crippen LogP contribution is -2.27. The number of ether oxygens (including phenoxy) is 2. The zero-order valence-corrected chi connectivity index (χ0v) is 19.3. The number of hydrogen-bond donors (Lipinski definition) is 1. The van der Waals surface area contributed by atoms with Gasteiger partial charge in [-0.1, -0.05) is 49.7 Å². The van der Waals surface area contributed by atoms with Crippen molar-refractivity contribution in [2.75, 3.05) is 18.1 Å². The molecule has 1 aliphatic rings. The maximum absolute atomic E-state index is 13.7. The third-order valence-corrected chi connectivity index (χ3v) is 5.91. The highest BCUT2D eigenvalue weighted by Gasteiger charge is 2.42. The zero-order valence-electron chi connectivity index (χ0n) is 19.3. The first-order valence-electron chi connectivity index (χ1n) is 11.5. The molecule has 0 aromatic heterocycles. The van der Waals surface area contributed by atoms with Crippen LogP contribution in [0.2, 0.25) is 0 Å². The van der Waals surface area contributed by atoms with E-state index in [4.69, 9.17) is 9.47 Å². The molecule has 0 bridgehead atoms. The van der Waals surface area contributed by atoms with Gasteiger partial charge in [-0.25, -0.2) is 0 Å². The second-order valence-corrected chi connectivity index (χ2v) is 8.02. The van der Waals surface area contributed by atoms with Gasteiger partial charge in [-0.3, -0.25) is 14.5 Å². The molecule has 1 aliphatic heterocycles. The fourth-order valence-electron chi connectivity index (χ4n) is 4.58. The number of carbonyl (C=O) groups is 2. The van der Waals surface area contributed by atoms with E-state index in [-0.39, 0.29) is 18.3 Å². The highest BCUT2D eigenvalue weighted by Crippen LogP contribution is 2.47. The summed E-state index contributed by atoms with van der Waals surface area (Å²) in [5.41, 5.74) is 3.38. The average Bonchev–Trinajstić information content (AvgIpc) is 3.07. The molecule has 3 aromatic rings. The van der Waals surface area contributed by atoms with Gasteiger partial charge in [0.1, 0.15) is 5.75 Å². The quantitative estimate of drug-likeness (QED) is 0.495. The molecule has 6 heteroatoms. The SMILES string of the molecule is CCCc1c2c(c(OCC)c3ccccc13)C(=O)N(c1ccc(CC(=O)OCC)cc1)C2O. The monoisotopic (exact) mass is 447 g/mol. The maximum Gasteiger partial charge on any atom is 0.310 e. The number of amides is 1. The minimum Gasteiger partial charge on any atom is -0.492 e. The smallest absolute Gasteiger partial charge is 0.310 e. The molecule has 3 aromatic carbocycles. The van der Waals surface area contributed by atoms with Gasteiger partial charge in [0, 0.05) is 16.6 Å². The molecule has 33 heavy (non-hydrogen) atoms. The van der Waals surface area contributed by atoms with Crippen LogP contribution < -0.4 is 9.64 Å². The van der Waals surface area contributed by atoms with Crippen LogP contribution >= 0.6 is 0 Å². The third-order valence-electron chi connectivity index (χ3n) is 5.91. The number of nitrogens with zero attached hydrogens (tertiary/aromatic N) is 1. The molecule has 0 aliphatic carbocycles. The first-order chi connectivity index (χ1) is 16.0. The standard InChI is InChI=1S/C27H29NO5/c1-4-9-20-19-10-7-8-11-21(19)25(33-6-3)24-23(20)26(30)28(27(24)31)18-14-12-17(13-15-18)16-22(29)32-5-2/h7-8,10-15,26,30H,4-6,9,16H2,1-3H3. The van der Waals surface area contributed by atoms with Crippen molar-refractivity contribution in [3.63, 3.8) is 0 Å². The van der Waals surface area contributed by atoms with E-state index in [0.717, 1.165) is 34.7 Å². The fraction of sp³-hybridized carbons (Fsp3) is 0.333. The Kier molecular flexibility index (Phi) is 6.65. The van der Waals surface area contributed by atoms with E-state index in [9.17, 15) is 14.7 Å². The van der Waals surface area contributed by atoms with Crippen LogP contribution in [0.25, 0.3) is 10.8 Å². The Morgan fingerprint density at radius 2 is 1.70 bits per heavy atom.